The van der Waals surface area contributed by atoms with Crippen molar-refractivity contribution in [3.05, 3.63) is 100 Å². The molecule has 0 spiro atoms. The van der Waals surface area contributed by atoms with Crippen LogP contribution in [0, 0.1) is 17.1 Å². The maximum atomic E-state index is 13.0. The van der Waals surface area contributed by atoms with Crippen molar-refractivity contribution in [2.75, 3.05) is 13.2 Å². The van der Waals surface area contributed by atoms with Gasteiger partial charge in [-0.15, -0.1) is 11.3 Å². The number of nitriles is 1. The van der Waals surface area contributed by atoms with E-state index < -0.39 is 5.82 Å². The Bertz CT molecular complexity index is 1370. The summed E-state index contributed by atoms with van der Waals surface area (Å²) in [5.41, 5.74) is 3.38. The molecule has 0 bridgehead atoms. The summed E-state index contributed by atoms with van der Waals surface area (Å²) in [6.45, 7) is 2.39. The molecule has 0 atom stereocenters. The summed E-state index contributed by atoms with van der Waals surface area (Å²) in [5.74, 6) is 0.681. The van der Waals surface area contributed by atoms with Crippen LogP contribution in [0.2, 0.25) is 0 Å². The van der Waals surface area contributed by atoms with Crippen LogP contribution in [0.15, 0.2) is 78.2 Å². The molecule has 0 saturated heterocycles. The van der Waals surface area contributed by atoms with Crippen LogP contribution in [0.5, 0.6) is 11.5 Å². The standard InChI is InChI=1S/C28H21FN2O3S/c1-2-33-24-13-7-20(8-14-24)26-18-35-28(31-26)22(16-30)15-19-3-11-25(12-4-19)34-17-27(32)21-5-9-23(29)10-6-21/h3-15,18H,2,17H2,1H3. The van der Waals surface area contributed by atoms with E-state index in [1.165, 1.54) is 35.6 Å². The third-order valence-electron chi connectivity index (χ3n) is 5.04. The van der Waals surface area contributed by atoms with Crippen molar-refractivity contribution in [1.29, 1.82) is 5.26 Å². The second-order valence-electron chi connectivity index (χ2n) is 7.45. The quantitative estimate of drug-likeness (QED) is 0.196. The molecule has 5 nitrogen and oxygen atoms in total. The number of benzene rings is 3. The van der Waals surface area contributed by atoms with Crippen molar-refractivity contribution < 1.29 is 18.7 Å². The molecule has 0 N–H and O–H groups in total. The van der Waals surface area contributed by atoms with E-state index in [0.29, 0.717) is 28.5 Å². The lowest BCUT2D eigenvalue weighted by Crippen LogP contribution is -2.11. The fourth-order valence-corrected chi connectivity index (χ4v) is 4.05. The summed E-state index contributed by atoms with van der Waals surface area (Å²) in [4.78, 5) is 16.8. The molecular formula is C28H21FN2O3S. The van der Waals surface area contributed by atoms with Crippen molar-refractivity contribution in [3.8, 4) is 28.8 Å². The van der Waals surface area contributed by atoms with Gasteiger partial charge in [0, 0.05) is 16.5 Å². The van der Waals surface area contributed by atoms with Gasteiger partial charge in [0.2, 0.25) is 0 Å². The second kappa shape index (κ2) is 11.2. The predicted octanol–water partition coefficient (Wildman–Crippen LogP) is 6.67. The summed E-state index contributed by atoms with van der Waals surface area (Å²) in [5, 5.41) is 12.2. The molecule has 0 unspecified atom stereocenters. The molecule has 7 heteroatoms. The van der Waals surface area contributed by atoms with E-state index in [2.05, 4.69) is 11.1 Å². The lowest BCUT2D eigenvalue weighted by atomic mass is 10.1. The molecular weight excluding hydrogens is 463 g/mol. The van der Waals surface area contributed by atoms with Gasteiger partial charge in [-0.05, 0) is 79.2 Å². The molecule has 3 aromatic carbocycles. The first-order valence-electron chi connectivity index (χ1n) is 10.9. The Morgan fingerprint density at radius 1 is 1.00 bits per heavy atom. The van der Waals surface area contributed by atoms with E-state index in [1.807, 2.05) is 36.6 Å². The first-order chi connectivity index (χ1) is 17.1. The largest absolute Gasteiger partial charge is 0.494 e. The minimum atomic E-state index is -0.395. The Morgan fingerprint density at radius 2 is 1.66 bits per heavy atom. The molecule has 0 fully saturated rings. The number of carbonyl (C=O) groups excluding carboxylic acids is 1. The minimum absolute atomic E-state index is 0.155. The monoisotopic (exact) mass is 484 g/mol. The van der Waals surface area contributed by atoms with Gasteiger partial charge in [0.25, 0.3) is 0 Å². The number of ketones is 1. The van der Waals surface area contributed by atoms with Crippen LogP contribution in [0.25, 0.3) is 22.9 Å². The van der Waals surface area contributed by atoms with Crippen molar-refractivity contribution in [3.63, 3.8) is 0 Å². The second-order valence-corrected chi connectivity index (χ2v) is 8.31. The van der Waals surface area contributed by atoms with Crippen molar-refractivity contribution in [1.82, 2.24) is 4.98 Å². The number of nitrogens with zero attached hydrogens (tertiary/aromatic N) is 2. The maximum absolute atomic E-state index is 13.0. The zero-order valence-corrected chi connectivity index (χ0v) is 19.7. The summed E-state index contributed by atoms with van der Waals surface area (Å²) in [7, 11) is 0. The minimum Gasteiger partial charge on any atom is -0.494 e. The molecule has 4 aromatic rings. The molecule has 0 radical (unpaired) electrons. The highest BCUT2D eigenvalue weighted by molar-refractivity contribution is 7.11. The zero-order valence-electron chi connectivity index (χ0n) is 18.9. The van der Waals surface area contributed by atoms with Crippen molar-refractivity contribution >= 4 is 28.8 Å². The van der Waals surface area contributed by atoms with E-state index in [1.54, 1.807) is 30.3 Å². The molecule has 0 aliphatic rings. The Hall–Kier alpha value is -4.28. The van der Waals surface area contributed by atoms with Crippen molar-refractivity contribution in [2.45, 2.75) is 6.92 Å². The van der Waals surface area contributed by atoms with Gasteiger partial charge in [-0.1, -0.05) is 12.1 Å². The van der Waals surface area contributed by atoms with E-state index in [-0.39, 0.29) is 12.4 Å². The highest BCUT2D eigenvalue weighted by atomic mass is 32.1. The third kappa shape index (κ3) is 6.19. The molecule has 0 amide bonds. The number of ether oxygens (including phenoxy) is 2. The summed E-state index contributed by atoms with van der Waals surface area (Å²) >= 11 is 1.41. The number of hydrogen-bond donors (Lipinski definition) is 0. The molecule has 0 saturated carbocycles. The summed E-state index contributed by atoms with van der Waals surface area (Å²) in [6, 6.07) is 22.3. The Labute approximate surface area is 206 Å². The number of Topliss-reactive ketones (excluding diaryl/α,β-unsaturated/α-hetero) is 1. The molecule has 4 rings (SSSR count). The van der Waals surface area contributed by atoms with Gasteiger partial charge < -0.3 is 9.47 Å². The van der Waals surface area contributed by atoms with Gasteiger partial charge in [-0.2, -0.15) is 5.26 Å². The Kier molecular flexibility index (Phi) is 7.66. The van der Waals surface area contributed by atoms with Crippen LogP contribution in [0.1, 0.15) is 27.9 Å². The predicted molar refractivity (Wildman–Crippen MR) is 135 cm³/mol. The number of thiazole rings is 1. The first kappa shape index (κ1) is 23.9. The van der Waals surface area contributed by atoms with Gasteiger partial charge >= 0.3 is 0 Å². The Balaban J connectivity index is 1.41. The van der Waals surface area contributed by atoms with Crippen LogP contribution in [0.3, 0.4) is 0 Å². The smallest absolute Gasteiger partial charge is 0.200 e. The highest BCUT2D eigenvalue weighted by Crippen LogP contribution is 2.28. The molecule has 1 aromatic heterocycles. The van der Waals surface area contributed by atoms with Crippen LogP contribution in [-0.2, 0) is 0 Å². The fourth-order valence-electron chi connectivity index (χ4n) is 3.26. The number of hydrogen-bond acceptors (Lipinski definition) is 6. The van der Waals surface area contributed by atoms with E-state index in [0.717, 1.165) is 22.6 Å². The van der Waals surface area contributed by atoms with Gasteiger partial charge in [-0.25, -0.2) is 9.37 Å². The van der Waals surface area contributed by atoms with E-state index in [4.69, 9.17) is 9.47 Å². The number of rotatable bonds is 9. The number of halogens is 1. The van der Waals surface area contributed by atoms with Gasteiger partial charge in [0.05, 0.1) is 17.9 Å². The topological polar surface area (TPSA) is 72.2 Å². The molecule has 35 heavy (non-hydrogen) atoms. The maximum Gasteiger partial charge on any atom is 0.200 e. The third-order valence-corrected chi connectivity index (χ3v) is 5.92. The van der Waals surface area contributed by atoms with Crippen LogP contribution in [0.4, 0.5) is 4.39 Å². The zero-order chi connectivity index (χ0) is 24.6. The Morgan fingerprint density at radius 3 is 2.31 bits per heavy atom. The normalized spacial score (nSPS) is 11.1. The summed E-state index contributed by atoms with van der Waals surface area (Å²) in [6.07, 6.45) is 1.76. The van der Waals surface area contributed by atoms with Crippen molar-refractivity contribution in [2.24, 2.45) is 0 Å². The van der Waals surface area contributed by atoms with E-state index >= 15 is 0 Å². The van der Waals surface area contributed by atoms with E-state index in [9.17, 15) is 14.4 Å². The van der Waals surface area contributed by atoms with Crippen LogP contribution in [-0.4, -0.2) is 24.0 Å². The van der Waals surface area contributed by atoms with Crippen LogP contribution >= 0.6 is 11.3 Å². The molecule has 0 aliphatic carbocycles. The molecule has 0 aliphatic heterocycles. The van der Waals surface area contributed by atoms with Gasteiger partial charge in [-0.3, -0.25) is 4.79 Å². The van der Waals surface area contributed by atoms with Crippen LogP contribution < -0.4 is 9.47 Å². The summed E-state index contributed by atoms with van der Waals surface area (Å²) < 4.78 is 24.0. The molecule has 1 heterocycles. The number of allylic oxidation sites excluding steroid dienone is 1. The average Bonchev–Trinajstić information content (AvgIpc) is 3.38. The average molecular weight is 485 g/mol. The first-order valence-corrected chi connectivity index (χ1v) is 11.8. The number of aromatic nitrogens is 1. The van der Waals surface area contributed by atoms with Gasteiger partial charge in [0.1, 0.15) is 28.4 Å². The van der Waals surface area contributed by atoms with Gasteiger partial charge in [0.15, 0.2) is 12.4 Å². The lowest BCUT2D eigenvalue weighted by molar-refractivity contribution is 0.0921. The molecule has 174 valence electrons. The number of carbonyl (C=O) groups is 1. The fraction of sp³-hybridized carbons (Fsp3) is 0.107. The lowest BCUT2D eigenvalue weighted by Gasteiger charge is -2.06. The highest BCUT2D eigenvalue weighted by Gasteiger charge is 2.10. The SMILES string of the molecule is CCOc1ccc(-c2csc(C(C#N)=Cc3ccc(OCC(=O)c4ccc(F)cc4)cc3)n2)cc1.